The fourth-order valence-electron chi connectivity index (χ4n) is 4.06. The van der Waals surface area contributed by atoms with Crippen LogP contribution in [0.15, 0.2) is 78.9 Å². The molecule has 0 aliphatic rings. The third-order valence-electron chi connectivity index (χ3n) is 6.33. The van der Waals surface area contributed by atoms with Crippen molar-refractivity contribution in [2.75, 3.05) is 66.0 Å². The molecule has 0 aliphatic heterocycles. The zero-order valence-electron chi connectivity index (χ0n) is 25.9. The van der Waals surface area contributed by atoms with Gasteiger partial charge in [-0.15, -0.1) is 0 Å². The molecule has 0 saturated carbocycles. The van der Waals surface area contributed by atoms with Crippen LogP contribution in [0, 0.1) is 0 Å². The van der Waals surface area contributed by atoms with Gasteiger partial charge in [0, 0.05) is 26.1 Å². The zero-order valence-corrected chi connectivity index (χ0v) is 25.9. The van der Waals surface area contributed by atoms with E-state index in [0.717, 1.165) is 34.7 Å². The molecule has 9 nitrogen and oxygen atoms in total. The maximum absolute atomic E-state index is 11.2. The summed E-state index contributed by atoms with van der Waals surface area (Å²) in [5.41, 5.74) is 3.31. The maximum atomic E-state index is 11.2. The van der Waals surface area contributed by atoms with Crippen molar-refractivity contribution in [1.29, 1.82) is 0 Å². The van der Waals surface area contributed by atoms with E-state index in [1.54, 1.807) is 6.92 Å². The lowest BCUT2D eigenvalue weighted by Gasteiger charge is -2.15. The SMILES string of the molecule is CCOC(=O)CCCOCCOCCOCCOCCNCc1ccc(OCc2ccccc2)c(OCc2ccccc2)c1. The van der Waals surface area contributed by atoms with Crippen molar-refractivity contribution >= 4 is 5.97 Å². The van der Waals surface area contributed by atoms with E-state index in [9.17, 15) is 4.79 Å². The van der Waals surface area contributed by atoms with E-state index >= 15 is 0 Å². The maximum Gasteiger partial charge on any atom is 0.305 e. The first-order valence-corrected chi connectivity index (χ1v) is 15.4. The van der Waals surface area contributed by atoms with Crippen LogP contribution in [-0.4, -0.2) is 72.0 Å². The number of esters is 1. The van der Waals surface area contributed by atoms with E-state index in [2.05, 4.69) is 11.4 Å². The normalized spacial score (nSPS) is 10.9. The molecule has 0 bridgehead atoms. The second-order valence-corrected chi connectivity index (χ2v) is 9.86. The molecule has 3 rings (SSSR count). The number of ether oxygens (including phenoxy) is 7. The third kappa shape index (κ3) is 15.8. The van der Waals surface area contributed by atoms with Crippen LogP contribution in [0.25, 0.3) is 0 Å². The third-order valence-corrected chi connectivity index (χ3v) is 6.33. The lowest BCUT2D eigenvalue weighted by Crippen LogP contribution is -2.20. The molecular weight excluding hydrogens is 562 g/mol. The average molecular weight is 610 g/mol. The van der Waals surface area contributed by atoms with Crippen molar-refractivity contribution in [3.63, 3.8) is 0 Å². The highest BCUT2D eigenvalue weighted by Crippen LogP contribution is 2.30. The smallest absolute Gasteiger partial charge is 0.305 e. The van der Waals surface area contributed by atoms with Crippen LogP contribution in [0.2, 0.25) is 0 Å². The number of carbonyl (C=O) groups is 1. The van der Waals surface area contributed by atoms with Gasteiger partial charge in [0.25, 0.3) is 0 Å². The quantitative estimate of drug-likeness (QED) is 0.101. The molecule has 0 amide bonds. The lowest BCUT2D eigenvalue weighted by molar-refractivity contribution is -0.143. The van der Waals surface area contributed by atoms with Gasteiger partial charge < -0.3 is 38.5 Å². The Morgan fingerprint density at radius 2 is 1.16 bits per heavy atom. The Hall–Kier alpha value is -3.47. The van der Waals surface area contributed by atoms with E-state index in [1.807, 2.05) is 72.8 Å². The fraction of sp³-hybridized carbons (Fsp3) is 0.457. The predicted octanol–water partition coefficient (Wildman–Crippen LogP) is 5.34. The topological polar surface area (TPSA) is 93.7 Å². The summed E-state index contributed by atoms with van der Waals surface area (Å²) in [4.78, 5) is 11.2. The molecule has 0 spiro atoms. The summed E-state index contributed by atoms with van der Waals surface area (Å²) in [6.07, 6.45) is 1.03. The zero-order chi connectivity index (χ0) is 30.9. The molecule has 44 heavy (non-hydrogen) atoms. The first kappa shape index (κ1) is 35.0. The number of nitrogens with one attached hydrogen (secondary N) is 1. The Morgan fingerprint density at radius 1 is 0.614 bits per heavy atom. The minimum Gasteiger partial charge on any atom is -0.485 e. The summed E-state index contributed by atoms with van der Waals surface area (Å²) in [5, 5.41) is 3.42. The van der Waals surface area contributed by atoms with Gasteiger partial charge in [0.15, 0.2) is 11.5 Å². The van der Waals surface area contributed by atoms with Crippen LogP contribution in [0.5, 0.6) is 11.5 Å². The standard InChI is InChI=1S/C35H47NO8/c1-2-42-35(37)14-9-18-38-20-22-40-24-25-41-23-21-39-19-17-36-27-32-15-16-33(43-28-30-10-5-3-6-11-30)34(26-32)44-29-31-12-7-4-8-13-31/h3-8,10-13,15-16,26,36H,2,9,14,17-25,27-29H2,1H3. The highest BCUT2D eigenvalue weighted by molar-refractivity contribution is 5.69. The summed E-state index contributed by atoms with van der Waals surface area (Å²) in [6.45, 7) is 8.70. The second kappa shape index (κ2) is 23.0. The molecule has 0 aromatic heterocycles. The molecule has 0 heterocycles. The van der Waals surface area contributed by atoms with E-state index < -0.39 is 0 Å². The van der Waals surface area contributed by atoms with Crippen molar-refractivity contribution in [2.24, 2.45) is 0 Å². The number of benzene rings is 3. The van der Waals surface area contributed by atoms with Crippen molar-refractivity contribution in [1.82, 2.24) is 5.32 Å². The van der Waals surface area contributed by atoms with Gasteiger partial charge in [-0.3, -0.25) is 4.79 Å². The van der Waals surface area contributed by atoms with Gasteiger partial charge in [0.2, 0.25) is 0 Å². The monoisotopic (exact) mass is 609 g/mol. The van der Waals surface area contributed by atoms with Gasteiger partial charge in [-0.05, 0) is 42.2 Å². The number of hydrogen-bond donors (Lipinski definition) is 1. The minimum absolute atomic E-state index is 0.184. The molecule has 1 N–H and O–H groups in total. The lowest BCUT2D eigenvalue weighted by atomic mass is 10.2. The summed E-state index contributed by atoms with van der Waals surface area (Å²) < 4.78 is 39.3. The van der Waals surface area contributed by atoms with Crippen LogP contribution in [0.1, 0.15) is 36.5 Å². The largest absolute Gasteiger partial charge is 0.485 e. The number of hydrogen-bond acceptors (Lipinski definition) is 9. The Kier molecular flexibility index (Phi) is 18.3. The molecule has 0 atom stereocenters. The summed E-state index contributed by atoms with van der Waals surface area (Å²) in [5.74, 6) is 1.26. The van der Waals surface area contributed by atoms with Crippen LogP contribution in [-0.2, 0) is 48.2 Å². The van der Waals surface area contributed by atoms with Crippen molar-refractivity contribution < 1.29 is 38.0 Å². The molecule has 240 valence electrons. The van der Waals surface area contributed by atoms with Gasteiger partial charge >= 0.3 is 5.97 Å². The summed E-state index contributed by atoms with van der Waals surface area (Å²) in [7, 11) is 0. The van der Waals surface area contributed by atoms with Gasteiger partial charge in [-0.2, -0.15) is 0 Å². The van der Waals surface area contributed by atoms with Crippen LogP contribution < -0.4 is 14.8 Å². The molecule has 3 aromatic rings. The molecule has 0 unspecified atom stereocenters. The van der Waals surface area contributed by atoms with Crippen LogP contribution >= 0.6 is 0 Å². The van der Waals surface area contributed by atoms with Crippen molar-refractivity contribution in [2.45, 2.75) is 39.5 Å². The van der Waals surface area contributed by atoms with Gasteiger partial charge in [-0.25, -0.2) is 0 Å². The summed E-state index contributed by atoms with van der Waals surface area (Å²) in [6, 6.07) is 26.3. The predicted molar refractivity (Wildman–Crippen MR) is 169 cm³/mol. The van der Waals surface area contributed by atoms with E-state index in [4.69, 9.17) is 33.2 Å². The molecule has 3 aromatic carbocycles. The second-order valence-electron chi connectivity index (χ2n) is 9.86. The van der Waals surface area contributed by atoms with Crippen molar-refractivity contribution in [3.8, 4) is 11.5 Å². The fourth-order valence-corrected chi connectivity index (χ4v) is 4.06. The van der Waals surface area contributed by atoms with Gasteiger partial charge in [0.05, 0.1) is 52.9 Å². The molecule has 0 saturated heterocycles. The molecule has 0 fully saturated rings. The summed E-state index contributed by atoms with van der Waals surface area (Å²) >= 11 is 0. The van der Waals surface area contributed by atoms with Crippen LogP contribution in [0.4, 0.5) is 0 Å². The Balaban J connectivity index is 1.22. The van der Waals surface area contributed by atoms with E-state index in [-0.39, 0.29) is 5.97 Å². The Morgan fingerprint density at radius 3 is 1.75 bits per heavy atom. The molecule has 9 heteroatoms. The minimum atomic E-state index is -0.184. The Bertz CT molecular complexity index is 1150. The number of rotatable bonds is 25. The van der Waals surface area contributed by atoms with Gasteiger partial charge in [-0.1, -0.05) is 66.7 Å². The van der Waals surface area contributed by atoms with E-state index in [1.165, 1.54) is 0 Å². The molecule has 0 radical (unpaired) electrons. The van der Waals surface area contributed by atoms with Crippen LogP contribution in [0.3, 0.4) is 0 Å². The van der Waals surface area contributed by atoms with E-state index in [0.29, 0.717) is 92.1 Å². The first-order chi connectivity index (χ1) is 21.7. The Labute approximate surface area is 261 Å². The highest BCUT2D eigenvalue weighted by atomic mass is 16.6. The average Bonchev–Trinajstić information content (AvgIpc) is 3.05. The van der Waals surface area contributed by atoms with Crippen molar-refractivity contribution in [3.05, 3.63) is 95.6 Å². The van der Waals surface area contributed by atoms with Gasteiger partial charge in [0.1, 0.15) is 13.2 Å². The first-order valence-electron chi connectivity index (χ1n) is 15.4. The molecule has 0 aliphatic carbocycles. The number of carbonyl (C=O) groups excluding carboxylic acids is 1. The highest BCUT2D eigenvalue weighted by Gasteiger charge is 2.09. The molecular formula is C35H47NO8.